The predicted molar refractivity (Wildman–Crippen MR) is 206 cm³/mol. The Labute approximate surface area is 289 Å². The van der Waals surface area contributed by atoms with Crippen molar-refractivity contribution in [1.29, 1.82) is 0 Å². The number of anilines is 2. The molecule has 49 heavy (non-hydrogen) atoms. The Kier molecular flexibility index (Phi) is 8.09. The lowest BCUT2D eigenvalue weighted by molar-refractivity contribution is 0.965. The van der Waals surface area contributed by atoms with Crippen LogP contribution >= 0.6 is 0 Å². The molecule has 7 aromatic rings. The van der Waals surface area contributed by atoms with Crippen LogP contribution in [0.1, 0.15) is 11.1 Å². The Balaban J connectivity index is 1.04. The number of pyridine rings is 1. The molecule has 6 aromatic carbocycles. The van der Waals surface area contributed by atoms with E-state index in [4.69, 9.17) is 0 Å². The zero-order valence-corrected chi connectivity index (χ0v) is 27.8. The molecule has 0 N–H and O–H groups in total. The van der Waals surface area contributed by atoms with Gasteiger partial charge in [-0.25, -0.2) is 0 Å². The lowest BCUT2D eigenvalue weighted by atomic mass is 9.91. The van der Waals surface area contributed by atoms with Gasteiger partial charge in [0.25, 0.3) is 0 Å². The van der Waals surface area contributed by atoms with Crippen LogP contribution in [-0.4, -0.2) is 11.7 Å². The summed E-state index contributed by atoms with van der Waals surface area (Å²) in [5.41, 5.74) is 16.7. The van der Waals surface area contributed by atoms with Gasteiger partial charge in [0.1, 0.15) is 0 Å². The van der Waals surface area contributed by atoms with Crippen molar-refractivity contribution in [2.75, 3.05) is 16.5 Å². The fraction of sp³-hybridized carbons (Fsp3) is 0.0652. The van der Waals surface area contributed by atoms with Crippen molar-refractivity contribution in [2.24, 2.45) is 0 Å². The first-order valence-electron chi connectivity index (χ1n) is 16.8. The number of benzene rings is 6. The van der Waals surface area contributed by atoms with Gasteiger partial charge in [0.2, 0.25) is 0 Å². The average Bonchev–Trinajstić information content (AvgIpc) is 3.65. The van der Waals surface area contributed by atoms with Crippen LogP contribution in [0.3, 0.4) is 0 Å². The molecule has 236 valence electrons. The van der Waals surface area contributed by atoms with Crippen LogP contribution in [-0.2, 0) is 0 Å². The lowest BCUT2D eigenvalue weighted by Crippen LogP contribution is -2.25. The highest BCUT2D eigenvalue weighted by atomic mass is 15.3. The van der Waals surface area contributed by atoms with E-state index in [0.29, 0.717) is 0 Å². The van der Waals surface area contributed by atoms with E-state index in [-0.39, 0.29) is 0 Å². The van der Waals surface area contributed by atoms with E-state index in [0.717, 1.165) is 17.9 Å². The monoisotopic (exact) mass is 631 g/mol. The third-order valence-electron chi connectivity index (χ3n) is 9.42. The summed E-state index contributed by atoms with van der Waals surface area (Å²) in [5, 5.41) is 0. The number of rotatable bonds is 7. The average molecular weight is 632 g/mol. The lowest BCUT2D eigenvalue weighted by Gasteiger charge is -2.24. The van der Waals surface area contributed by atoms with Crippen LogP contribution in [0.15, 0.2) is 176 Å². The van der Waals surface area contributed by atoms with E-state index >= 15 is 0 Å². The minimum atomic E-state index is 0.801. The summed E-state index contributed by atoms with van der Waals surface area (Å²) in [7, 11) is 0. The number of nitrogens with zero attached hydrogens (tertiary/aromatic N) is 3. The van der Waals surface area contributed by atoms with Gasteiger partial charge in [-0.2, -0.15) is 0 Å². The molecule has 0 saturated heterocycles. The van der Waals surface area contributed by atoms with Crippen molar-refractivity contribution in [3.05, 3.63) is 187 Å². The van der Waals surface area contributed by atoms with Crippen molar-refractivity contribution in [2.45, 2.75) is 13.8 Å². The van der Waals surface area contributed by atoms with Gasteiger partial charge in [-0.15, -0.1) is 0 Å². The first kappa shape index (κ1) is 30.2. The molecule has 0 radical (unpaired) electrons. The molecule has 0 bridgehead atoms. The normalized spacial score (nSPS) is 12.4. The molecule has 2 heterocycles. The summed E-state index contributed by atoms with van der Waals surface area (Å²) < 4.78 is 0. The Morgan fingerprint density at radius 3 is 1.57 bits per heavy atom. The van der Waals surface area contributed by atoms with Crippen molar-refractivity contribution in [3.8, 4) is 55.8 Å². The SMILES string of the molecule is Cc1cccc(C)c1N1C=CN(c2ccc(-c3cccc(-c4cccc(-c5ccccc5-c5cccc(-c6ccccn6)c5)c4)c3)cc2)C1. The maximum absolute atomic E-state index is 4.57. The molecule has 1 aliphatic heterocycles. The number of hydrogen-bond donors (Lipinski definition) is 0. The molecule has 0 spiro atoms. The molecule has 0 aliphatic carbocycles. The highest BCUT2D eigenvalue weighted by Crippen LogP contribution is 2.37. The van der Waals surface area contributed by atoms with Gasteiger partial charge in [0.15, 0.2) is 0 Å². The van der Waals surface area contributed by atoms with Crippen LogP contribution in [0.2, 0.25) is 0 Å². The van der Waals surface area contributed by atoms with Crippen LogP contribution in [0, 0.1) is 13.8 Å². The van der Waals surface area contributed by atoms with Gasteiger partial charge >= 0.3 is 0 Å². The molecule has 3 heteroatoms. The third-order valence-corrected chi connectivity index (χ3v) is 9.42. The summed E-state index contributed by atoms with van der Waals surface area (Å²) in [4.78, 5) is 9.20. The maximum Gasteiger partial charge on any atom is 0.0989 e. The zero-order valence-electron chi connectivity index (χ0n) is 27.8. The highest BCUT2D eigenvalue weighted by Gasteiger charge is 2.18. The molecular weight excluding hydrogens is 595 g/mol. The topological polar surface area (TPSA) is 19.4 Å². The molecule has 3 nitrogen and oxygen atoms in total. The minimum absolute atomic E-state index is 0.801. The van der Waals surface area contributed by atoms with E-state index in [9.17, 15) is 0 Å². The fourth-order valence-electron chi connectivity index (χ4n) is 6.95. The Hall–Kier alpha value is -6.19. The van der Waals surface area contributed by atoms with Crippen molar-refractivity contribution < 1.29 is 0 Å². The number of para-hydroxylation sites is 1. The van der Waals surface area contributed by atoms with E-state index in [1.165, 1.54) is 67.0 Å². The molecule has 0 atom stereocenters. The highest BCUT2D eigenvalue weighted by molar-refractivity contribution is 5.87. The quantitative estimate of drug-likeness (QED) is 0.174. The molecule has 0 fully saturated rings. The van der Waals surface area contributed by atoms with Gasteiger partial charge in [0.05, 0.1) is 12.4 Å². The van der Waals surface area contributed by atoms with Crippen molar-refractivity contribution >= 4 is 11.4 Å². The Bertz CT molecular complexity index is 2270. The van der Waals surface area contributed by atoms with Gasteiger partial charge in [-0.3, -0.25) is 4.98 Å². The minimum Gasteiger partial charge on any atom is -0.328 e. The van der Waals surface area contributed by atoms with Crippen molar-refractivity contribution in [3.63, 3.8) is 0 Å². The van der Waals surface area contributed by atoms with Gasteiger partial charge in [0, 0.05) is 35.5 Å². The molecular formula is C46H37N3. The standard InChI is InChI=1S/C46H37N3/c1-33-11-7-12-34(2)46(33)49-28-27-48(32-49)42-24-22-35(23-25-42)36-13-8-14-37(29-36)38-15-9-16-39(30-38)43-19-3-4-20-44(43)40-17-10-18-41(31-40)45-21-5-6-26-47-45/h3-31H,32H2,1-2H3. The summed E-state index contributed by atoms with van der Waals surface area (Å²) in [6, 6.07) is 56.5. The molecule has 0 unspecified atom stereocenters. The first-order valence-corrected chi connectivity index (χ1v) is 16.8. The smallest absolute Gasteiger partial charge is 0.0989 e. The van der Waals surface area contributed by atoms with Gasteiger partial charge < -0.3 is 9.80 Å². The second-order valence-corrected chi connectivity index (χ2v) is 12.7. The van der Waals surface area contributed by atoms with E-state index in [1.807, 2.05) is 18.3 Å². The molecule has 8 rings (SSSR count). The van der Waals surface area contributed by atoms with Crippen LogP contribution < -0.4 is 9.80 Å². The maximum atomic E-state index is 4.57. The van der Waals surface area contributed by atoms with E-state index in [2.05, 4.69) is 187 Å². The summed E-state index contributed by atoms with van der Waals surface area (Å²) in [5.74, 6) is 0. The molecule has 1 aliphatic rings. The van der Waals surface area contributed by atoms with Crippen LogP contribution in [0.25, 0.3) is 55.8 Å². The van der Waals surface area contributed by atoms with E-state index in [1.54, 1.807) is 0 Å². The van der Waals surface area contributed by atoms with E-state index < -0.39 is 0 Å². The van der Waals surface area contributed by atoms with Crippen LogP contribution in [0.5, 0.6) is 0 Å². The predicted octanol–water partition coefficient (Wildman–Crippen LogP) is 11.8. The number of hydrogen-bond acceptors (Lipinski definition) is 3. The second kappa shape index (κ2) is 13.1. The summed E-state index contributed by atoms with van der Waals surface area (Å²) in [6.45, 7) is 5.16. The summed E-state index contributed by atoms with van der Waals surface area (Å²) in [6.07, 6.45) is 6.20. The fourth-order valence-corrected chi connectivity index (χ4v) is 6.95. The summed E-state index contributed by atoms with van der Waals surface area (Å²) >= 11 is 0. The molecule has 1 aromatic heterocycles. The first-order chi connectivity index (χ1) is 24.1. The Morgan fingerprint density at radius 2 is 0.939 bits per heavy atom. The second-order valence-electron chi connectivity index (χ2n) is 12.7. The number of aromatic nitrogens is 1. The molecule has 0 amide bonds. The third kappa shape index (κ3) is 6.15. The Morgan fingerprint density at radius 1 is 0.429 bits per heavy atom. The number of aryl methyl sites for hydroxylation is 2. The van der Waals surface area contributed by atoms with Crippen LogP contribution in [0.4, 0.5) is 11.4 Å². The zero-order chi connectivity index (χ0) is 33.2. The molecule has 0 saturated carbocycles. The van der Waals surface area contributed by atoms with Gasteiger partial charge in [-0.1, -0.05) is 115 Å². The largest absolute Gasteiger partial charge is 0.328 e. The van der Waals surface area contributed by atoms with Gasteiger partial charge in [-0.05, 0) is 112 Å². The van der Waals surface area contributed by atoms with Crippen molar-refractivity contribution in [1.82, 2.24) is 4.98 Å².